The largest absolute Gasteiger partial charge is 0.351 e. The summed E-state index contributed by atoms with van der Waals surface area (Å²) in [5.41, 5.74) is 6.02. The maximum Gasteiger partial charge on any atom is 0.270 e. The Bertz CT molecular complexity index is 823. The van der Waals surface area contributed by atoms with Gasteiger partial charge in [-0.15, -0.1) is 0 Å². The highest BCUT2D eigenvalue weighted by Gasteiger charge is 2.18. The van der Waals surface area contributed by atoms with Crippen molar-refractivity contribution < 1.29 is 9.59 Å². The summed E-state index contributed by atoms with van der Waals surface area (Å²) in [5.74, 6) is -0.166. The molecule has 0 bridgehead atoms. The van der Waals surface area contributed by atoms with Gasteiger partial charge in [0.1, 0.15) is 11.3 Å². The first-order valence-corrected chi connectivity index (χ1v) is 9.41. The SMILES string of the molecule is Cc1nc2c(C)cccn2c1C(=O)NCCCC(=O)NN1CCN(C)CC1. The fourth-order valence-corrected chi connectivity index (χ4v) is 3.28. The number of hydrogen-bond acceptors (Lipinski definition) is 5. The highest BCUT2D eigenvalue weighted by molar-refractivity contribution is 5.94. The molecule has 2 N–H and O–H groups in total. The predicted molar refractivity (Wildman–Crippen MR) is 103 cm³/mol. The van der Waals surface area contributed by atoms with Crippen molar-refractivity contribution in [3.05, 3.63) is 35.3 Å². The van der Waals surface area contributed by atoms with Gasteiger partial charge in [0.25, 0.3) is 5.91 Å². The Balaban J connectivity index is 1.46. The lowest BCUT2D eigenvalue weighted by Gasteiger charge is -2.32. The van der Waals surface area contributed by atoms with Gasteiger partial charge < -0.3 is 10.2 Å². The van der Waals surface area contributed by atoms with Gasteiger partial charge in [0.15, 0.2) is 0 Å². The van der Waals surface area contributed by atoms with Crippen molar-refractivity contribution in [1.29, 1.82) is 0 Å². The predicted octanol–water partition coefficient (Wildman–Crippen LogP) is 0.740. The number of likely N-dealkylation sites (N-methyl/N-ethyl adjacent to an activating group) is 1. The van der Waals surface area contributed by atoms with Crippen molar-refractivity contribution in [2.75, 3.05) is 39.8 Å². The van der Waals surface area contributed by atoms with E-state index in [0.717, 1.165) is 37.4 Å². The fourth-order valence-electron chi connectivity index (χ4n) is 3.28. The molecule has 0 unspecified atom stereocenters. The molecular weight excluding hydrogens is 344 g/mol. The number of hydrogen-bond donors (Lipinski definition) is 2. The van der Waals surface area contributed by atoms with E-state index in [9.17, 15) is 9.59 Å². The first kappa shape index (κ1) is 19.3. The van der Waals surface area contributed by atoms with E-state index in [2.05, 4.69) is 27.7 Å². The van der Waals surface area contributed by atoms with Gasteiger partial charge in [-0.1, -0.05) is 6.07 Å². The second-order valence-electron chi connectivity index (χ2n) is 7.12. The number of amides is 2. The number of carbonyl (C=O) groups is 2. The standard InChI is InChI=1S/C19H28N6O2/c1-14-6-5-9-25-17(15(2)21-18(14)25)19(27)20-8-4-7-16(26)22-24-12-10-23(3)11-13-24/h5-6,9H,4,7-8,10-13H2,1-3H3,(H,20,27)(H,22,26). The number of nitrogens with zero attached hydrogens (tertiary/aromatic N) is 4. The van der Waals surface area contributed by atoms with E-state index in [-0.39, 0.29) is 11.8 Å². The van der Waals surface area contributed by atoms with Crippen molar-refractivity contribution >= 4 is 17.5 Å². The molecule has 8 heteroatoms. The molecule has 0 radical (unpaired) electrons. The lowest BCUT2D eigenvalue weighted by molar-refractivity contribution is -0.126. The number of rotatable bonds is 6. The number of pyridine rings is 1. The molecule has 0 spiro atoms. The third kappa shape index (κ3) is 4.64. The van der Waals surface area contributed by atoms with Crippen LogP contribution in [0.2, 0.25) is 0 Å². The van der Waals surface area contributed by atoms with Crippen LogP contribution in [0.25, 0.3) is 5.65 Å². The summed E-state index contributed by atoms with van der Waals surface area (Å²) in [6.07, 6.45) is 2.83. The topological polar surface area (TPSA) is 82.0 Å². The van der Waals surface area contributed by atoms with Gasteiger partial charge >= 0.3 is 0 Å². The highest BCUT2D eigenvalue weighted by atomic mass is 16.2. The molecule has 3 rings (SSSR count). The highest BCUT2D eigenvalue weighted by Crippen LogP contribution is 2.15. The first-order valence-electron chi connectivity index (χ1n) is 9.41. The Labute approximate surface area is 159 Å². The first-order chi connectivity index (χ1) is 13.0. The van der Waals surface area contributed by atoms with E-state index < -0.39 is 0 Å². The number of nitrogens with one attached hydrogen (secondary N) is 2. The van der Waals surface area contributed by atoms with Gasteiger partial charge in [-0.2, -0.15) is 0 Å². The summed E-state index contributed by atoms with van der Waals surface area (Å²) in [6, 6.07) is 3.88. The minimum absolute atomic E-state index is 0.00425. The van der Waals surface area contributed by atoms with Gasteiger partial charge in [0.05, 0.1) is 5.69 Å². The molecule has 0 aliphatic carbocycles. The van der Waals surface area contributed by atoms with Crippen molar-refractivity contribution in [2.45, 2.75) is 26.7 Å². The molecule has 0 saturated carbocycles. The van der Waals surface area contributed by atoms with Crippen molar-refractivity contribution in [2.24, 2.45) is 0 Å². The Morgan fingerprint density at radius 2 is 1.93 bits per heavy atom. The summed E-state index contributed by atoms with van der Waals surface area (Å²) in [4.78, 5) is 31.3. The third-order valence-electron chi connectivity index (χ3n) is 4.89. The molecule has 1 fully saturated rings. The Morgan fingerprint density at radius 3 is 2.67 bits per heavy atom. The van der Waals surface area contributed by atoms with Crippen molar-refractivity contribution in [3.63, 3.8) is 0 Å². The van der Waals surface area contributed by atoms with Gasteiger partial charge in [-0.05, 0) is 38.9 Å². The van der Waals surface area contributed by atoms with Crippen LogP contribution in [0.1, 0.15) is 34.6 Å². The summed E-state index contributed by atoms with van der Waals surface area (Å²) >= 11 is 0. The van der Waals surface area contributed by atoms with E-state index in [0.29, 0.717) is 30.8 Å². The molecule has 1 aliphatic heterocycles. The van der Waals surface area contributed by atoms with Crippen LogP contribution in [0.5, 0.6) is 0 Å². The van der Waals surface area contributed by atoms with Crippen LogP contribution in [0.3, 0.4) is 0 Å². The van der Waals surface area contributed by atoms with Gasteiger partial charge in [0, 0.05) is 45.3 Å². The maximum absolute atomic E-state index is 12.6. The van der Waals surface area contributed by atoms with Crippen LogP contribution in [0, 0.1) is 13.8 Å². The second-order valence-corrected chi connectivity index (χ2v) is 7.12. The molecular formula is C19H28N6O2. The smallest absolute Gasteiger partial charge is 0.270 e. The average Bonchev–Trinajstić information content (AvgIpc) is 2.98. The van der Waals surface area contributed by atoms with Crippen LogP contribution >= 0.6 is 0 Å². The van der Waals surface area contributed by atoms with E-state index >= 15 is 0 Å². The Kier molecular flexibility index (Phi) is 6.08. The van der Waals surface area contributed by atoms with Gasteiger partial charge in [0.2, 0.25) is 5.91 Å². The van der Waals surface area contributed by atoms with E-state index in [4.69, 9.17) is 0 Å². The summed E-state index contributed by atoms with van der Waals surface area (Å²) < 4.78 is 1.82. The Morgan fingerprint density at radius 1 is 1.19 bits per heavy atom. The zero-order valence-corrected chi connectivity index (χ0v) is 16.3. The number of imidazole rings is 1. The van der Waals surface area contributed by atoms with Crippen LogP contribution in [-0.2, 0) is 4.79 Å². The van der Waals surface area contributed by atoms with Crippen LogP contribution in [-0.4, -0.2) is 70.9 Å². The number of hydrazine groups is 1. The van der Waals surface area contributed by atoms with E-state index in [1.807, 2.05) is 41.6 Å². The Hall–Kier alpha value is -2.45. The normalized spacial score (nSPS) is 15.8. The number of piperazine rings is 1. The molecule has 2 amide bonds. The van der Waals surface area contributed by atoms with Crippen LogP contribution < -0.4 is 10.7 Å². The van der Waals surface area contributed by atoms with Crippen LogP contribution in [0.15, 0.2) is 18.3 Å². The minimum Gasteiger partial charge on any atom is -0.351 e. The number of carbonyl (C=O) groups excluding carboxylic acids is 2. The van der Waals surface area contributed by atoms with E-state index in [1.165, 1.54) is 0 Å². The molecule has 1 saturated heterocycles. The van der Waals surface area contributed by atoms with Gasteiger partial charge in [-0.3, -0.25) is 19.4 Å². The summed E-state index contributed by atoms with van der Waals surface area (Å²) in [7, 11) is 2.08. The van der Waals surface area contributed by atoms with Crippen LogP contribution in [0.4, 0.5) is 0 Å². The summed E-state index contributed by atoms with van der Waals surface area (Å²) in [6.45, 7) is 7.85. The quantitative estimate of drug-likeness (QED) is 0.731. The lowest BCUT2D eigenvalue weighted by Crippen LogP contribution is -2.52. The molecule has 27 heavy (non-hydrogen) atoms. The zero-order valence-electron chi connectivity index (χ0n) is 16.3. The molecule has 2 aromatic heterocycles. The summed E-state index contributed by atoms with van der Waals surface area (Å²) in [5, 5.41) is 4.87. The van der Waals surface area contributed by atoms with Crippen molar-refractivity contribution in [3.8, 4) is 0 Å². The van der Waals surface area contributed by atoms with E-state index in [1.54, 1.807) is 0 Å². The number of aromatic nitrogens is 2. The number of aryl methyl sites for hydroxylation is 2. The third-order valence-corrected chi connectivity index (χ3v) is 4.89. The van der Waals surface area contributed by atoms with Crippen molar-refractivity contribution in [1.82, 2.24) is 30.0 Å². The second kappa shape index (κ2) is 8.49. The molecule has 0 aromatic carbocycles. The molecule has 2 aromatic rings. The average molecular weight is 372 g/mol. The molecule has 1 aliphatic rings. The molecule has 8 nitrogen and oxygen atoms in total. The molecule has 146 valence electrons. The minimum atomic E-state index is -0.162. The number of fused-ring (bicyclic) bond motifs is 1. The fraction of sp³-hybridized carbons (Fsp3) is 0.526. The molecule has 0 atom stereocenters. The maximum atomic E-state index is 12.6. The van der Waals surface area contributed by atoms with Gasteiger partial charge in [-0.25, -0.2) is 9.99 Å². The zero-order chi connectivity index (χ0) is 19.4. The monoisotopic (exact) mass is 372 g/mol. The molecule has 3 heterocycles. The lowest BCUT2D eigenvalue weighted by atomic mass is 10.2.